The fourth-order valence-electron chi connectivity index (χ4n) is 2.08. The van der Waals surface area contributed by atoms with Crippen LogP contribution >= 0.6 is 23.2 Å². The molecular weight excluding hydrogens is 255 g/mol. The van der Waals surface area contributed by atoms with Crippen molar-refractivity contribution in [2.45, 2.75) is 38.8 Å². The van der Waals surface area contributed by atoms with Crippen molar-refractivity contribution in [3.63, 3.8) is 0 Å². The number of rotatable bonds is 5. The lowest BCUT2D eigenvalue weighted by atomic mass is 10.2. The fourth-order valence-corrected chi connectivity index (χ4v) is 2.61. The molecule has 0 radical (unpaired) electrons. The monoisotopic (exact) mass is 272 g/mol. The number of anilines is 1. The van der Waals surface area contributed by atoms with Crippen LogP contribution in [-0.2, 0) is 6.54 Å². The van der Waals surface area contributed by atoms with Crippen molar-refractivity contribution in [3.8, 4) is 0 Å². The Morgan fingerprint density at radius 1 is 1.29 bits per heavy atom. The molecule has 0 bridgehead atoms. The third kappa shape index (κ3) is 3.27. The van der Waals surface area contributed by atoms with Crippen LogP contribution in [0.2, 0.25) is 10.0 Å². The van der Waals surface area contributed by atoms with Gasteiger partial charge in [-0.3, -0.25) is 4.90 Å². The summed E-state index contributed by atoms with van der Waals surface area (Å²) in [7, 11) is 0. The van der Waals surface area contributed by atoms with Gasteiger partial charge in [0.25, 0.3) is 0 Å². The third-order valence-corrected chi connectivity index (χ3v) is 3.72. The van der Waals surface area contributed by atoms with E-state index in [1.54, 1.807) is 0 Å². The minimum absolute atomic E-state index is 0.477. The van der Waals surface area contributed by atoms with Crippen LogP contribution in [0.4, 0.5) is 5.69 Å². The van der Waals surface area contributed by atoms with E-state index in [9.17, 15) is 0 Å². The van der Waals surface area contributed by atoms with E-state index in [0.29, 0.717) is 15.7 Å². The van der Waals surface area contributed by atoms with Crippen molar-refractivity contribution in [3.05, 3.63) is 27.7 Å². The maximum atomic E-state index is 6.05. The highest BCUT2D eigenvalue weighted by atomic mass is 35.5. The predicted molar refractivity (Wildman–Crippen MR) is 74.6 cm³/mol. The van der Waals surface area contributed by atoms with Crippen LogP contribution in [-0.4, -0.2) is 17.5 Å². The summed E-state index contributed by atoms with van der Waals surface area (Å²) in [6.07, 6.45) is 3.81. The summed E-state index contributed by atoms with van der Waals surface area (Å²) in [6, 6.07) is 4.60. The smallest absolute Gasteiger partial charge is 0.0693 e. The molecule has 1 fully saturated rings. The van der Waals surface area contributed by atoms with Gasteiger partial charge in [0.05, 0.1) is 15.7 Å². The number of nitrogens with zero attached hydrogens (tertiary/aromatic N) is 1. The molecule has 0 atom stereocenters. The Balaban J connectivity index is 2.11. The first-order valence-corrected chi connectivity index (χ1v) is 6.85. The molecule has 0 heterocycles. The predicted octanol–water partition coefficient (Wildman–Crippen LogP) is 3.95. The molecule has 2 N–H and O–H groups in total. The molecule has 1 aliphatic carbocycles. The van der Waals surface area contributed by atoms with E-state index in [-0.39, 0.29) is 0 Å². The lowest BCUT2D eigenvalue weighted by molar-refractivity contribution is 0.255. The molecule has 1 aliphatic rings. The van der Waals surface area contributed by atoms with Gasteiger partial charge in [-0.25, -0.2) is 0 Å². The summed E-state index contributed by atoms with van der Waals surface area (Å²) in [5.74, 6) is 0. The van der Waals surface area contributed by atoms with Gasteiger partial charge in [-0.05, 0) is 43.5 Å². The zero-order valence-corrected chi connectivity index (χ0v) is 11.6. The summed E-state index contributed by atoms with van der Waals surface area (Å²) < 4.78 is 0. The highest BCUT2D eigenvalue weighted by Gasteiger charge is 2.28. The van der Waals surface area contributed by atoms with Crippen molar-refractivity contribution < 1.29 is 0 Å². The first-order valence-electron chi connectivity index (χ1n) is 6.09. The second-order valence-electron chi connectivity index (χ2n) is 4.67. The van der Waals surface area contributed by atoms with Crippen molar-refractivity contribution in [2.75, 3.05) is 12.3 Å². The van der Waals surface area contributed by atoms with E-state index in [1.807, 2.05) is 12.1 Å². The van der Waals surface area contributed by atoms with Crippen molar-refractivity contribution in [1.82, 2.24) is 4.90 Å². The molecule has 0 amide bonds. The molecule has 0 aromatic heterocycles. The van der Waals surface area contributed by atoms with Gasteiger partial charge < -0.3 is 5.73 Å². The van der Waals surface area contributed by atoms with Crippen molar-refractivity contribution in [2.24, 2.45) is 0 Å². The van der Waals surface area contributed by atoms with Gasteiger partial charge in [-0.2, -0.15) is 0 Å². The minimum atomic E-state index is 0.477. The highest BCUT2D eigenvalue weighted by Crippen LogP contribution is 2.32. The van der Waals surface area contributed by atoms with Crippen LogP contribution in [0.15, 0.2) is 12.1 Å². The summed E-state index contributed by atoms with van der Waals surface area (Å²) >= 11 is 12.1. The van der Waals surface area contributed by atoms with Gasteiger partial charge in [0.15, 0.2) is 0 Å². The Morgan fingerprint density at radius 2 is 1.88 bits per heavy atom. The molecule has 1 saturated carbocycles. The van der Waals surface area contributed by atoms with Crippen LogP contribution in [0.1, 0.15) is 31.7 Å². The molecule has 1 aromatic carbocycles. The van der Waals surface area contributed by atoms with Crippen LogP contribution in [0.25, 0.3) is 0 Å². The molecular formula is C13H18Cl2N2. The summed E-state index contributed by atoms with van der Waals surface area (Å²) in [6.45, 7) is 4.25. The molecule has 0 spiro atoms. The van der Waals surface area contributed by atoms with Crippen LogP contribution in [0.3, 0.4) is 0 Å². The quantitative estimate of drug-likeness (QED) is 0.823. The van der Waals surface area contributed by atoms with E-state index >= 15 is 0 Å². The van der Waals surface area contributed by atoms with Gasteiger partial charge in [0.2, 0.25) is 0 Å². The molecule has 4 heteroatoms. The van der Waals surface area contributed by atoms with Gasteiger partial charge in [-0.15, -0.1) is 0 Å². The number of hydrogen-bond acceptors (Lipinski definition) is 2. The van der Waals surface area contributed by atoms with Gasteiger partial charge in [-0.1, -0.05) is 30.1 Å². The number of hydrogen-bond donors (Lipinski definition) is 1. The Bertz CT molecular complexity index is 379. The van der Waals surface area contributed by atoms with E-state index in [1.165, 1.54) is 19.3 Å². The largest absolute Gasteiger partial charge is 0.396 e. The Morgan fingerprint density at radius 3 is 2.35 bits per heavy atom. The average Bonchev–Trinajstić information content (AvgIpc) is 3.09. The van der Waals surface area contributed by atoms with Crippen molar-refractivity contribution in [1.29, 1.82) is 0 Å². The first kappa shape index (κ1) is 13.0. The molecule has 0 saturated heterocycles. The Kier molecular flexibility index (Phi) is 4.18. The molecule has 1 aromatic rings. The topological polar surface area (TPSA) is 29.3 Å². The molecule has 0 aliphatic heterocycles. The average molecular weight is 273 g/mol. The third-order valence-electron chi connectivity index (χ3n) is 3.10. The molecule has 94 valence electrons. The number of halogens is 2. The number of nitrogens with two attached hydrogens (primary N) is 1. The summed E-state index contributed by atoms with van der Waals surface area (Å²) in [5.41, 5.74) is 7.36. The fraction of sp³-hybridized carbons (Fsp3) is 0.538. The minimum Gasteiger partial charge on any atom is -0.396 e. The van der Waals surface area contributed by atoms with Crippen LogP contribution < -0.4 is 5.73 Å². The van der Waals surface area contributed by atoms with Gasteiger partial charge >= 0.3 is 0 Å². The molecule has 0 unspecified atom stereocenters. The standard InChI is InChI=1S/C13H18Cl2N2/c1-2-5-17(10-3-4-10)8-9-6-11(14)13(16)12(15)7-9/h6-7,10H,2-5,8,16H2,1H3. The van der Waals surface area contributed by atoms with Gasteiger partial charge in [0, 0.05) is 12.6 Å². The number of benzene rings is 1. The lowest BCUT2D eigenvalue weighted by Gasteiger charge is -2.21. The molecule has 2 rings (SSSR count). The summed E-state index contributed by atoms with van der Waals surface area (Å²) in [5, 5.41) is 1.11. The van der Waals surface area contributed by atoms with E-state index < -0.39 is 0 Å². The Labute approximate surface area is 113 Å². The first-order chi connectivity index (χ1) is 8.11. The molecule has 2 nitrogen and oxygen atoms in total. The SMILES string of the molecule is CCCN(Cc1cc(Cl)c(N)c(Cl)c1)C1CC1. The molecule has 17 heavy (non-hydrogen) atoms. The second-order valence-corrected chi connectivity index (χ2v) is 5.49. The maximum absolute atomic E-state index is 6.05. The van der Waals surface area contributed by atoms with E-state index in [0.717, 1.165) is 24.7 Å². The second kappa shape index (κ2) is 5.47. The van der Waals surface area contributed by atoms with E-state index in [2.05, 4.69) is 11.8 Å². The van der Waals surface area contributed by atoms with Crippen LogP contribution in [0, 0.1) is 0 Å². The van der Waals surface area contributed by atoms with Crippen molar-refractivity contribution >= 4 is 28.9 Å². The zero-order valence-electron chi connectivity index (χ0n) is 10.0. The summed E-state index contributed by atoms with van der Waals surface area (Å²) in [4.78, 5) is 2.50. The lowest BCUT2D eigenvalue weighted by Crippen LogP contribution is -2.26. The number of nitrogen functional groups attached to an aromatic ring is 1. The highest BCUT2D eigenvalue weighted by molar-refractivity contribution is 6.38. The van der Waals surface area contributed by atoms with Gasteiger partial charge in [0.1, 0.15) is 0 Å². The maximum Gasteiger partial charge on any atom is 0.0693 e. The Hall–Kier alpha value is -0.440. The van der Waals surface area contributed by atoms with Crippen LogP contribution in [0.5, 0.6) is 0 Å². The normalized spacial score (nSPS) is 15.5. The zero-order chi connectivity index (χ0) is 12.4. The van der Waals surface area contributed by atoms with E-state index in [4.69, 9.17) is 28.9 Å².